The van der Waals surface area contributed by atoms with E-state index in [0.717, 1.165) is 30.1 Å². The Bertz CT molecular complexity index is 707. The molecular weight excluding hydrogens is 292 g/mol. The van der Waals surface area contributed by atoms with Crippen LogP contribution < -0.4 is 0 Å². The van der Waals surface area contributed by atoms with Crippen molar-refractivity contribution in [1.82, 2.24) is 20.2 Å². The van der Waals surface area contributed by atoms with Gasteiger partial charge in [0.05, 0.1) is 5.69 Å². The van der Waals surface area contributed by atoms with Crippen LogP contribution in [0, 0.1) is 6.92 Å². The number of benzene rings is 2. The SMILES string of the molecule is Cc1ccc(SCCCc2nnnn2-c2ccccc2)cc1. The van der Waals surface area contributed by atoms with Crippen molar-refractivity contribution in [3.05, 3.63) is 66.0 Å². The van der Waals surface area contributed by atoms with Crippen LogP contribution in [0.3, 0.4) is 0 Å². The first-order chi connectivity index (χ1) is 10.8. The van der Waals surface area contributed by atoms with Gasteiger partial charge in [0.15, 0.2) is 5.82 Å². The Hall–Kier alpha value is -2.14. The van der Waals surface area contributed by atoms with E-state index in [1.807, 2.05) is 46.8 Å². The summed E-state index contributed by atoms with van der Waals surface area (Å²) < 4.78 is 1.82. The predicted octanol–water partition coefficient (Wildman–Crippen LogP) is 3.70. The lowest BCUT2D eigenvalue weighted by atomic mass is 10.2. The van der Waals surface area contributed by atoms with Crippen molar-refractivity contribution in [1.29, 1.82) is 0 Å². The third-order valence-corrected chi connectivity index (χ3v) is 4.47. The topological polar surface area (TPSA) is 43.6 Å². The van der Waals surface area contributed by atoms with E-state index in [1.54, 1.807) is 0 Å². The number of hydrogen-bond donors (Lipinski definition) is 0. The molecule has 0 bridgehead atoms. The van der Waals surface area contributed by atoms with Crippen LogP contribution in [0.1, 0.15) is 17.8 Å². The van der Waals surface area contributed by atoms with E-state index in [4.69, 9.17) is 0 Å². The van der Waals surface area contributed by atoms with Gasteiger partial charge in [-0.25, -0.2) is 0 Å². The molecule has 5 heteroatoms. The molecule has 0 fully saturated rings. The molecule has 0 amide bonds. The number of para-hydroxylation sites is 1. The first-order valence-corrected chi connectivity index (χ1v) is 8.33. The van der Waals surface area contributed by atoms with Gasteiger partial charge in [-0.1, -0.05) is 35.9 Å². The number of hydrogen-bond acceptors (Lipinski definition) is 4. The Morgan fingerprint density at radius 2 is 1.77 bits per heavy atom. The first-order valence-electron chi connectivity index (χ1n) is 7.35. The largest absolute Gasteiger partial charge is 0.197 e. The Kier molecular flexibility index (Phi) is 4.85. The van der Waals surface area contributed by atoms with Gasteiger partial charge in [-0.2, -0.15) is 4.68 Å². The molecule has 0 unspecified atom stereocenters. The lowest BCUT2D eigenvalue weighted by molar-refractivity contribution is 0.747. The highest BCUT2D eigenvalue weighted by atomic mass is 32.2. The summed E-state index contributed by atoms with van der Waals surface area (Å²) in [6, 6.07) is 18.7. The molecule has 3 aromatic rings. The normalized spacial score (nSPS) is 10.8. The van der Waals surface area contributed by atoms with Gasteiger partial charge in [0.25, 0.3) is 0 Å². The predicted molar refractivity (Wildman–Crippen MR) is 89.4 cm³/mol. The fourth-order valence-corrected chi connectivity index (χ4v) is 3.04. The van der Waals surface area contributed by atoms with Crippen molar-refractivity contribution < 1.29 is 0 Å². The molecule has 0 radical (unpaired) electrons. The third-order valence-electron chi connectivity index (χ3n) is 3.37. The maximum atomic E-state index is 4.14. The summed E-state index contributed by atoms with van der Waals surface area (Å²) in [6.07, 6.45) is 1.92. The summed E-state index contributed by atoms with van der Waals surface area (Å²) in [6.45, 7) is 2.11. The average molecular weight is 310 g/mol. The average Bonchev–Trinajstić information content (AvgIpc) is 3.02. The van der Waals surface area contributed by atoms with E-state index in [9.17, 15) is 0 Å². The van der Waals surface area contributed by atoms with Crippen molar-refractivity contribution in [3.8, 4) is 5.69 Å². The minimum absolute atomic E-state index is 0.876. The molecule has 0 N–H and O–H groups in total. The highest BCUT2D eigenvalue weighted by molar-refractivity contribution is 7.99. The summed E-state index contributed by atoms with van der Waals surface area (Å²) >= 11 is 1.87. The number of aromatic nitrogens is 4. The second-order valence-corrected chi connectivity index (χ2v) is 6.28. The smallest absolute Gasteiger partial charge is 0.156 e. The van der Waals surface area contributed by atoms with E-state index >= 15 is 0 Å². The second-order valence-electron chi connectivity index (χ2n) is 5.11. The first kappa shape index (κ1) is 14.8. The quantitative estimate of drug-likeness (QED) is 0.514. The Labute approximate surface area is 134 Å². The molecule has 4 nitrogen and oxygen atoms in total. The molecule has 1 heterocycles. The molecule has 2 aromatic carbocycles. The summed E-state index contributed by atoms with van der Waals surface area (Å²) in [7, 11) is 0. The Morgan fingerprint density at radius 3 is 2.55 bits per heavy atom. The van der Waals surface area contributed by atoms with Crippen LogP contribution in [-0.2, 0) is 6.42 Å². The number of rotatable bonds is 6. The Morgan fingerprint density at radius 1 is 1.00 bits per heavy atom. The lowest BCUT2D eigenvalue weighted by Gasteiger charge is -2.04. The minimum Gasteiger partial charge on any atom is -0.197 e. The molecule has 0 aliphatic rings. The Balaban J connectivity index is 1.54. The highest BCUT2D eigenvalue weighted by Gasteiger charge is 2.07. The van der Waals surface area contributed by atoms with Crippen LogP contribution in [0.2, 0.25) is 0 Å². The number of thioether (sulfide) groups is 1. The van der Waals surface area contributed by atoms with Gasteiger partial charge >= 0.3 is 0 Å². The van der Waals surface area contributed by atoms with E-state index in [2.05, 4.69) is 46.7 Å². The van der Waals surface area contributed by atoms with Gasteiger partial charge in [-0.05, 0) is 53.8 Å². The van der Waals surface area contributed by atoms with Crippen LogP contribution in [-0.4, -0.2) is 26.0 Å². The summed E-state index contributed by atoms with van der Waals surface area (Å²) in [5.41, 5.74) is 2.31. The van der Waals surface area contributed by atoms with Gasteiger partial charge < -0.3 is 0 Å². The summed E-state index contributed by atoms with van der Waals surface area (Å²) in [5.74, 6) is 1.97. The van der Waals surface area contributed by atoms with E-state index in [1.165, 1.54) is 10.5 Å². The molecule has 0 spiro atoms. The second kappa shape index (κ2) is 7.22. The zero-order valence-corrected chi connectivity index (χ0v) is 13.3. The van der Waals surface area contributed by atoms with Crippen LogP contribution in [0.5, 0.6) is 0 Å². The maximum Gasteiger partial charge on any atom is 0.156 e. The van der Waals surface area contributed by atoms with Crippen LogP contribution in [0.15, 0.2) is 59.5 Å². The van der Waals surface area contributed by atoms with Crippen molar-refractivity contribution >= 4 is 11.8 Å². The molecule has 0 saturated carbocycles. The fraction of sp³-hybridized carbons (Fsp3) is 0.235. The molecule has 0 aliphatic heterocycles. The summed E-state index contributed by atoms with van der Waals surface area (Å²) in [4.78, 5) is 1.31. The van der Waals surface area contributed by atoms with Gasteiger partial charge in [-0.3, -0.25) is 0 Å². The molecule has 112 valence electrons. The van der Waals surface area contributed by atoms with Gasteiger partial charge in [0, 0.05) is 11.3 Å². The van der Waals surface area contributed by atoms with E-state index in [0.29, 0.717) is 0 Å². The lowest BCUT2D eigenvalue weighted by Crippen LogP contribution is -2.03. The highest BCUT2D eigenvalue weighted by Crippen LogP contribution is 2.20. The van der Waals surface area contributed by atoms with Crippen LogP contribution in [0.25, 0.3) is 5.69 Å². The number of nitrogens with zero attached hydrogens (tertiary/aromatic N) is 4. The van der Waals surface area contributed by atoms with E-state index in [-0.39, 0.29) is 0 Å². The van der Waals surface area contributed by atoms with E-state index < -0.39 is 0 Å². The molecule has 1 aromatic heterocycles. The molecule has 0 aliphatic carbocycles. The number of tetrazole rings is 1. The molecule has 22 heavy (non-hydrogen) atoms. The zero-order valence-electron chi connectivity index (χ0n) is 12.5. The molecule has 0 atom stereocenters. The van der Waals surface area contributed by atoms with Crippen LogP contribution in [0.4, 0.5) is 0 Å². The van der Waals surface area contributed by atoms with Crippen LogP contribution >= 0.6 is 11.8 Å². The molecule has 0 saturated heterocycles. The van der Waals surface area contributed by atoms with Crippen molar-refractivity contribution in [2.75, 3.05) is 5.75 Å². The van der Waals surface area contributed by atoms with Gasteiger partial charge in [0.2, 0.25) is 0 Å². The monoisotopic (exact) mass is 310 g/mol. The maximum absolute atomic E-state index is 4.14. The van der Waals surface area contributed by atoms with Crippen molar-refractivity contribution in [3.63, 3.8) is 0 Å². The van der Waals surface area contributed by atoms with Crippen molar-refractivity contribution in [2.24, 2.45) is 0 Å². The number of aryl methyl sites for hydroxylation is 2. The van der Waals surface area contributed by atoms with Gasteiger partial charge in [0.1, 0.15) is 0 Å². The third kappa shape index (κ3) is 3.74. The summed E-state index contributed by atoms with van der Waals surface area (Å²) in [5, 5.41) is 12.0. The minimum atomic E-state index is 0.876. The standard InChI is InChI=1S/C17H18N4S/c1-14-9-11-16(12-10-14)22-13-5-8-17-18-19-20-21(17)15-6-3-2-4-7-15/h2-4,6-7,9-12H,5,8,13H2,1H3. The zero-order chi connectivity index (χ0) is 15.2. The fourth-order valence-electron chi connectivity index (χ4n) is 2.19. The van der Waals surface area contributed by atoms with Crippen molar-refractivity contribution in [2.45, 2.75) is 24.7 Å². The molecular formula is C17H18N4S. The van der Waals surface area contributed by atoms with Gasteiger partial charge in [-0.15, -0.1) is 16.9 Å². The molecule has 3 rings (SSSR count).